The van der Waals surface area contributed by atoms with Crippen molar-refractivity contribution in [1.29, 1.82) is 0 Å². The van der Waals surface area contributed by atoms with Crippen LogP contribution in [-0.2, 0) is 19.0 Å². The molecule has 0 aromatic heterocycles. The van der Waals surface area contributed by atoms with E-state index in [0.29, 0.717) is 75.5 Å². The van der Waals surface area contributed by atoms with Gasteiger partial charge in [0.05, 0.1) is 45.1 Å². The summed E-state index contributed by atoms with van der Waals surface area (Å²) in [5.41, 5.74) is 0. The summed E-state index contributed by atoms with van der Waals surface area (Å²) < 4.78 is 16.3. The Morgan fingerprint density at radius 1 is 0.947 bits per heavy atom. The minimum absolute atomic E-state index is 0.0380. The number of unbranched alkanes of at least 4 members (excludes halogenated alkanes) is 1. The van der Waals surface area contributed by atoms with Crippen molar-refractivity contribution in [2.24, 2.45) is 17.8 Å². The molecule has 1 saturated carbocycles. The van der Waals surface area contributed by atoms with Crippen molar-refractivity contribution in [3.8, 4) is 11.8 Å². The normalized spacial score (nSPS) is 28.9. The minimum atomic E-state index is -0.387. The standard InChI is InChI=1S/C27H42N4O6S/c32-24(10-6-5-9-23-25-22(18-38-23)30-26(33)31-25)28-11-13-35-15-16-36-14-12-29-27(34)37-17-21-19-7-3-1-2-4-8-20(19)21/h19-23,25H,3-18H2,(H,28,32)(H,29,34)(H2,30,31,33)/t19-,20+,21?,22-,23-,25+/m1/s1. The first-order chi connectivity index (χ1) is 18.6. The number of carbonyl (C=O) groups excluding carboxylic acids is 3. The lowest BCUT2D eigenvalue weighted by molar-refractivity contribution is -0.121. The number of rotatable bonds is 16. The van der Waals surface area contributed by atoms with Gasteiger partial charge in [0, 0.05) is 43.4 Å². The van der Waals surface area contributed by atoms with Crippen LogP contribution in [0.5, 0.6) is 0 Å². The predicted octanol–water partition coefficient (Wildman–Crippen LogP) is 2.03. The molecule has 2 aliphatic carbocycles. The van der Waals surface area contributed by atoms with Crippen molar-refractivity contribution in [3.05, 3.63) is 0 Å². The first kappa shape index (κ1) is 28.8. The van der Waals surface area contributed by atoms with Crippen molar-refractivity contribution in [2.75, 3.05) is 51.9 Å². The van der Waals surface area contributed by atoms with Crippen LogP contribution in [0.15, 0.2) is 0 Å². The first-order valence-electron chi connectivity index (χ1n) is 14.1. The van der Waals surface area contributed by atoms with Gasteiger partial charge in [0.25, 0.3) is 0 Å². The maximum absolute atomic E-state index is 12.0. The van der Waals surface area contributed by atoms with Gasteiger partial charge in [-0.1, -0.05) is 6.42 Å². The van der Waals surface area contributed by atoms with Gasteiger partial charge in [0.2, 0.25) is 5.91 Å². The smallest absolute Gasteiger partial charge is 0.407 e. The second-order valence-corrected chi connectivity index (χ2v) is 11.7. The molecule has 0 bridgehead atoms. The molecule has 1 unspecified atom stereocenters. The maximum Gasteiger partial charge on any atom is 0.407 e. The van der Waals surface area contributed by atoms with Crippen LogP contribution >= 0.6 is 11.8 Å². The van der Waals surface area contributed by atoms with Crippen molar-refractivity contribution >= 4 is 29.8 Å². The van der Waals surface area contributed by atoms with Gasteiger partial charge in [0.15, 0.2) is 0 Å². The van der Waals surface area contributed by atoms with Gasteiger partial charge in [-0.3, -0.25) is 4.79 Å². The van der Waals surface area contributed by atoms with Crippen LogP contribution in [0.3, 0.4) is 0 Å². The third-order valence-electron chi connectivity index (χ3n) is 7.78. The fourth-order valence-electron chi connectivity index (χ4n) is 5.68. The summed E-state index contributed by atoms with van der Waals surface area (Å²) >= 11 is 1.90. The Morgan fingerprint density at radius 2 is 1.66 bits per heavy atom. The number of fused-ring (bicyclic) bond motifs is 2. The molecule has 212 valence electrons. The van der Waals surface area contributed by atoms with E-state index in [0.717, 1.165) is 50.7 Å². The van der Waals surface area contributed by atoms with Gasteiger partial charge in [-0.2, -0.15) is 11.8 Å². The summed E-state index contributed by atoms with van der Waals surface area (Å²) in [5.74, 6) is 9.22. The van der Waals surface area contributed by atoms with E-state index in [2.05, 4.69) is 33.1 Å². The average Bonchev–Trinajstić information content (AvgIpc) is 3.16. The Hall–Kier alpha value is -2.16. The lowest BCUT2D eigenvalue weighted by Crippen LogP contribution is -2.36. The summed E-state index contributed by atoms with van der Waals surface area (Å²) in [5, 5.41) is 12.0. The van der Waals surface area contributed by atoms with Crippen LogP contribution < -0.4 is 21.3 Å². The van der Waals surface area contributed by atoms with E-state index in [-0.39, 0.29) is 30.1 Å². The lowest BCUT2D eigenvalue weighted by Gasteiger charge is -2.16. The van der Waals surface area contributed by atoms with Gasteiger partial charge in [-0.15, -0.1) is 11.8 Å². The number of carbonyl (C=O) groups is 3. The Morgan fingerprint density at radius 3 is 2.39 bits per heavy atom. The van der Waals surface area contributed by atoms with E-state index < -0.39 is 0 Å². The van der Waals surface area contributed by atoms with E-state index in [4.69, 9.17) is 14.2 Å². The zero-order chi connectivity index (χ0) is 26.6. The fraction of sp³-hybridized carbons (Fsp3) is 0.815. The van der Waals surface area contributed by atoms with Crippen LogP contribution in [0.1, 0.15) is 51.4 Å². The number of thioether (sulfide) groups is 1. The van der Waals surface area contributed by atoms with E-state index in [1.165, 1.54) is 0 Å². The number of hydrogen-bond donors (Lipinski definition) is 4. The third kappa shape index (κ3) is 9.24. The predicted molar refractivity (Wildman–Crippen MR) is 145 cm³/mol. The zero-order valence-electron chi connectivity index (χ0n) is 22.1. The number of nitrogens with one attached hydrogen (secondary N) is 4. The molecule has 4 rings (SSSR count). The third-order valence-corrected chi connectivity index (χ3v) is 9.29. The SMILES string of the molecule is O=C(CCCC[C@H]1SC[C@H]2NC(=O)N[C@@H]21)NCCOCCOCCNC(=O)OCC1[C@H]2CCC#CCC[C@@H]12. The molecule has 0 radical (unpaired) electrons. The summed E-state index contributed by atoms with van der Waals surface area (Å²) in [7, 11) is 0. The Kier molecular flexibility index (Phi) is 11.7. The van der Waals surface area contributed by atoms with Crippen LogP contribution in [0.25, 0.3) is 0 Å². The largest absolute Gasteiger partial charge is 0.449 e. The van der Waals surface area contributed by atoms with Crippen LogP contribution in [-0.4, -0.2) is 87.2 Å². The van der Waals surface area contributed by atoms with Crippen molar-refractivity contribution < 1.29 is 28.6 Å². The molecule has 0 aromatic rings. The topological polar surface area (TPSA) is 127 Å². The Balaban J connectivity index is 0.881. The van der Waals surface area contributed by atoms with Crippen molar-refractivity contribution in [3.63, 3.8) is 0 Å². The van der Waals surface area contributed by atoms with Crippen molar-refractivity contribution in [1.82, 2.24) is 21.3 Å². The Labute approximate surface area is 229 Å². The zero-order valence-corrected chi connectivity index (χ0v) is 23.0. The van der Waals surface area contributed by atoms with Gasteiger partial charge < -0.3 is 35.5 Å². The number of hydrogen-bond acceptors (Lipinski definition) is 7. The van der Waals surface area contributed by atoms with Crippen LogP contribution in [0.2, 0.25) is 0 Å². The van der Waals surface area contributed by atoms with Gasteiger partial charge in [-0.25, -0.2) is 9.59 Å². The molecule has 4 N–H and O–H groups in total. The van der Waals surface area contributed by atoms with E-state index in [9.17, 15) is 14.4 Å². The molecular formula is C27H42N4O6S. The molecular weight excluding hydrogens is 508 g/mol. The highest BCUT2D eigenvalue weighted by Crippen LogP contribution is 2.52. The molecule has 2 heterocycles. The summed E-state index contributed by atoms with van der Waals surface area (Å²) in [4.78, 5) is 35.3. The maximum atomic E-state index is 12.0. The van der Waals surface area contributed by atoms with E-state index in [1.807, 2.05) is 11.8 Å². The minimum Gasteiger partial charge on any atom is -0.449 e. The quantitative estimate of drug-likeness (QED) is 0.132. The molecule has 4 amide bonds. The highest BCUT2D eigenvalue weighted by Gasteiger charge is 2.49. The number of amides is 4. The summed E-state index contributed by atoms with van der Waals surface area (Å²) in [6.07, 6.45) is 7.12. The first-order valence-corrected chi connectivity index (χ1v) is 15.1. The molecule has 2 saturated heterocycles. The number of alkyl carbamates (subject to hydrolysis) is 1. The fourth-order valence-corrected chi connectivity index (χ4v) is 7.22. The molecule has 6 atom stereocenters. The van der Waals surface area contributed by atoms with Gasteiger partial charge in [0.1, 0.15) is 0 Å². The van der Waals surface area contributed by atoms with Crippen LogP contribution in [0, 0.1) is 29.6 Å². The second kappa shape index (κ2) is 15.4. The highest BCUT2D eigenvalue weighted by molar-refractivity contribution is 8.00. The van der Waals surface area contributed by atoms with Gasteiger partial charge in [-0.05, 0) is 43.4 Å². The lowest BCUT2D eigenvalue weighted by atomic mass is 10.0. The highest BCUT2D eigenvalue weighted by atomic mass is 32.2. The second-order valence-electron chi connectivity index (χ2n) is 10.4. The van der Waals surface area contributed by atoms with E-state index in [1.54, 1.807) is 0 Å². The van der Waals surface area contributed by atoms with Gasteiger partial charge >= 0.3 is 12.1 Å². The molecule has 4 aliphatic rings. The Bertz CT molecular complexity index is 846. The van der Waals surface area contributed by atoms with E-state index >= 15 is 0 Å². The van der Waals surface area contributed by atoms with Crippen molar-refractivity contribution in [2.45, 2.75) is 68.7 Å². The molecule has 3 fully saturated rings. The summed E-state index contributed by atoms with van der Waals surface area (Å²) in [6, 6.07) is 0.414. The molecule has 11 heteroatoms. The molecule has 10 nitrogen and oxygen atoms in total. The summed E-state index contributed by atoms with van der Waals surface area (Å²) in [6.45, 7) is 3.05. The number of ether oxygens (including phenoxy) is 3. The molecule has 38 heavy (non-hydrogen) atoms. The van der Waals surface area contributed by atoms with Crippen LogP contribution in [0.4, 0.5) is 9.59 Å². The molecule has 2 aliphatic heterocycles. The average molecular weight is 551 g/mol. The molecule has 0 aromatic carbocycles. The number of urea groups is 1. The molecule has 0 spiro atoms. The monoisotopic (exact) mass is 550 g/mol.